The lowest BCUT2D eigenvalue weighted by atomic mass is 9.94. The van der Waals surface area contributed by atoms with Crippen LogP contribution in [0.3, 0.4) is 0 Å². The zero-order valence-corrected chi connectivity index (χ0v) is 7.93. The molecule has 0 aliphatic carbocycles. The van der Waals surface area contributed by atoms with Crippen molar-refractivity contribution in [1.82, 2.24) is 0 Å². The van der Waals surface area contributed by atoms with Gasteiger partial charge in [0.15, 0.2) is 0 Å². The quantitative estimate of drug-likeness (QED) is 0.742. The topological polar surface area (TPSA) is 49.8 Å². The molecule has 1 aromatic carbocycles. The van der Waals surface area contributed by atoms with Gasteiger partial charge in [-0.15, -0.1) is 0 Å². The van der Waals surface area contributed by atoms with E-state index in [0.29, 0.717) is 0 Å². The van der Waals surface area contributed by atoms with Gasteiger partial charge in [0.05, 0.1) is 0 Å². The van der Waals surface area contributed by atoms with Crippen LogP contribution in [-0.4, -0.2) is 17.2 Å². The minimum absolute atomic E-state index is 0.178. The standard InChI is InChI=1S/C11H12O3/c1-2-9-11(14-9,10(12)13)8-6-4-3-5-7-8/h3-7,9H,2H2,1H3,(H,12,13)/t9-,11+/m0/s1. The first-order chi connectivity index (χ1) is 6.71. The number of rotatable bonds is 3. The summed E-state index contributed by atoms with van der Waals surface area (Å²) < 4.78 is 5.30. The molecule has 0 aromatic heterocycles. The van der Waals surface area contributed by atoms with E-state index >= 15 is 0 Å². The molecule has 1 aliphatic rings. The summed E-state index contributed by atoms with van der Waals surface area (Å²) in [4.78, 5) is 11.1. The minimum Gasteiger partial charge on any atom is -0.479 e. The van der Waals surface area contributed by atoms with Crippen LogP contribution in [0.4, 0.5) is 0 Å². The van der Waals surface area contributed by atoms with Crippen molar-refractivity contribution in [1.29, 1.82) is 0 Å². The number of carboxylic acid groups (broad SMARTS) is 1. The fourth-order valence-corrected chi connectivity index (χ4v) is 1.81. The average Bonchev–Trinajstić information content (AvgIpc) is 2.94. The van der Waals surface area contributed by atoms with Crippen LogP contribution >= 0.6 is 0 Å². The maximum absolute atomic E-state index is 11.1. The largest absolute Gasteiger partial charge is 0.479 e. The number of epoxide rings is 1. The Balaban J connectivity index is 2.36. The minimum atomic E-state index is -1.07. The Bertz CT molecular complexity index is 347. The number of benzene rings is 1. The molecular weight excluding hydrogens is 180 g/mol. The molecule has 74 valence electrons. The molecule has 0 unspecified atom stereocenters. The summed E-state index contributed by atoms with van der Waals surface area (Å²) in [6, 6.07) is 9.11. The predicted octanol–water partition coefficient (Wildman–Crippen LogP) is 1.78. The Morgan fingerprint density at radius 1 is 1.50 bits per heavy atom. The molecular formula is C11H12O3. The Morgan fingerprint density at radius 2 is 2.14 bits per heavy atom. The van der Waals surface area contributed by atoms with E-state index in [-0.39, 0.29) is 6.10 Å². The number of aliphatic carboxylic acids is 1. The fraction of sp³-hybridized carbons (Fsp3) is 0.364. The molecule has 1 aliphatic heterocycles. The molecule has 1 heterocycles. The zero-order chi connectivity index (χ0) is 10.2. The normalized spacial score (nSPS) is 29.9. The van der Waals surface area contributed by atoms with E-state index in [1.54, 1.807) is 12.1 Å². The lowest BCUT2D eigenvalue weighted by Crippen LogP contribution is -2.24. The van der Waals surface area contributed by atoms with Gasteiger partial charge in [-0.3, -0.25) is 0 Å². The van der Waals surface area contributed by atoms with E-state index in [4.69, 9.17) is 9.84 Å². The molecule has 3 heteroatoms. The van der Waals surface area contributed by atoms with Gasteiger partial charge < -0.3 is 9.84 Å². The van der Waals surface area contributed by atoms with Crippen LogP contribution in [0.2, 0.25) is 0 Å². The van der Waals surface area contributed by atoms with Crippen LogP contribution in [0, 0.1) is 0 Å². The van der Waals surface area contributed by atoms with Gasteiger partial charge in [0, 0.05) is 0 Å². The summed E-state index contributed by atoms with van der Waals surface area (Å²) >= 11 is 0. The smallest absolute Gasteiger partial charge is 0.343 e. The number of carboxylic acids is 1. The second-order valence-corrected chi connectivity index (χ2v) is 3.42. The first-order valence-electron chi connectivity index (χ1n) is 4.68. The SMILES string of the molecule is CC[C@@H]1O[C@]1(C(=O)O)c1ccccc1. The number of hydrogen-bond acceptors (Lipinski definition) is 2. The first-order valence-corrected chi connectivity index (χ1v) is 4.68. The van der Waals surface area contributed by atoms with E-state index in [1.807, 2.05) is 25.1 Å². The third-order valence-corrected chi connectivity index (χ3v) is 2.62. The maximum atomic E-state index is 11.1. The zero-order valence-electron chi connectivity index (χ0n) is 7.93. The van der Waals surface area contributed by atoms with Gasteiger partial charge in [0.25, 0.3) is 0 Å². The van der Waals surface area contributed by atoms with Gasteiger partial charge in [-0.25, -0.2) is 4.79 Å². The summed E-state index contributed by atoms with van der Waals surface area (Å²) in [6.07, 6.45) is 0.545. The summed E-state index contributed by atoms with van der Waals surface area (Å²) in [6.45, 7) is 1.93. The molecule has 14 heavy (non-hydrogen) atoms. The van der Waals surface area contributed by atoms with Crippen molar-refractivity contribution in [3.63, 3.8) is 0 Å². The third kappa shape index (κ3) is 1.13. The lowest BCUT2D eigenvalue weighted by molar-refractivity contribution is -0.143. The van der Waals surface area contributed by atoms with E-state index in [9.17, 15) is 4.79 Å². The van der Waals surface area contributed by atoms with E-state index in [0.717, 1.165) is 12.0 Å². The molecule has 1 saturated heterocycles. The molecule has 0 radical (unpaired) electrons. The molecule has 1 aromatic rings. The maximum Gasteiger partial charge on any atom is 0.343 e. The van der Waals surface area contributed by atoms with Gasteiger partial charge >= 0.3 is 5.97 Å². The van der Waals surface area contributed by atoms with Gasteiger partial charge in [-0.2, -0.15) is 0 Å². The summed E-state index contributed by atoms with van der Waals surface area (Å²) in [7, 11) is 0. The highest BCUT2D eigenvalue weighted by atomic mass is 16.6. The van der Waals surface area contributed by atoms with Gasteiger partial charge in [0.1, 0.15) is 6.10 Å². The monoisotopic (exact) mass is 192 g/mol. The van der Waals surface area contributed by atoms with E-state index in [1.165, 1.54) is 0 Å². The Hall–Kier alpha value is -1.35. The molecule has 0 amide bonds. The van der Waals surface area contributed by atoms with Gasteiger partial charge in [-0.1, -0.05) is 37.3 Å². The average molecular weight is 192 g/mol. The predicted molar refractivity (Wildman–Crippen MR) is 50.9 cm³/mol. The van der Waals surface area contributed by atoms with Crippen molar-refractivity contribution in [3.8, 4) is 0 Å². The Kier molecular flexibility index (Phi) is 2.04. The molecule has 3 nitrogen and oxygen atoms in total. The van der Waals surface area contributed by atoms with Crippen molar-refractivity contribution in [2.75, 3.05) is 0 Å². The fourth-order valence-electron chi connectivity index (χ4n) is 1.81. The summed E-state index contributed by atoms with van der Waals surface area (Å²) in [5, 5.41) is 9.13. The number of carbonyl (C=O) groups is 1. The van der Waals surface area contributed by atoms with Crippen LogP contribution in [0.5, 0.6) is 0 Å². The number of hydrogen-bond donors (Lipinski definition) is 1. The van der Waals surface area contributed by atoms with Crippen molar-refractivity contribution in [3.05, 3.63) is 35.9 Å². The molecule has 0 saturated carbocycles. The van der Waals surface area contributed by atoms with Gasteiger partial charge in [0.2, 0.25) is 5.60 Å². The van der Waals surface area contributed by atoms with Crippen molar-refractivity contribution < 1.29 is 14.6 Å². The second-order valence-electron chi connectivity index (χ2n) is 3.42. The van der Waals surface area contributed by atoms with E-state index < -0.39 is 11.6 Å². The highest BCUT2D eigenvalue weighted by Gasteiger charge is 2.63. The Labute approximate surface area is 82.3 Å². The molecule has 0 bridgehead atoms. The van der Waals surface area contributed by atoms with Crippen LogP contribution in [-0.2, 0) is 15.1 Å². The highest BCUT2D eigenvalue weighted by Crippen LogP contribution is 2.48. The molecule has 1 N–H and O–H groups in total. The second kappa shape index (κ2) is 3.10. The summed E-state index contributed by atoms with van der Waals surface area (Å²) in [5.41, 5.74) is -0.338. The molecule has 2 atom stereocenters. The van der Waals surface area contributed by atoms with Crippen LogP contribution in [0.25, 0.3) is 0 Å². The van der Waals surface area contributed by atoms with Crippen LogP contribution in [0.1, 0.15) is 18.9 Å². The van der Waals surface area contributed by atoms with Crippen molar-refractivity contribution >= 4 is 5.97 Å². The third-order valence-electron chi connectivity index (χ3n) is 2.62. The molecule has 1 fully saturated rings. The lowest BCUT2D eigenvalue weighted by Gasteiger charge is -2.06. The first kappa shape index (κ1) is 9.21. The highest BCUT2D eigenvalue weighted by molar-refractivity contribution is 5.83. The van der Waals surface area contributed by atoms with Crippen LogP contribution in [0.15, 0.2) is 30.3 Å². The van der Waals surface area contributed by atoms with Gasteiger partial charge in [-0.05, 0) is 12.0 Å². The molecule has 2 rings (SSSR count). The van der Waals surface area contributed by atoms with Crippen molar-refractivity contribution in [2.45, 2.75) is 25.0 Å². The van der Waals surface area contributed by atoms with Crippen molar-refractivity contribution in [2.24, 2.45) is 0 Å². The summed E-state index contributed by atoms with van der Waals surface area (Å²) in [5.74, 6) is -0.893. The Morgan fingerprint density at radius 3 is 2.57 bits per heavy atom. The number of ether oxygens (including phenoxy) is 1. The molecule has 0 spiro atoms. The van der Waals surface area contributed by atoms with Crippen LogP contribution < -0.4 is 0 Å². The van der Waals surface area contributed by atoms with E-state index in [2.05, 4.69) is 0 Å².